The van der Waals surface area contributed by atoms with Crippen LogP contribution in [0.2, 0.25) is 5.02 Å². The summed E-state index contributed by atoms with van der Waals surface area (Å²) >= 11 is 6.09. The molecule has 0 spiro atoms. The van der Waals surface area contributed by atoms with Gasteiger partial charge >= 0.3 is 0 Å². The molecule has 0 radical (unpaired) electrons. The van der Waals surface area contributed by atoms with Crippen LogP contribution in [0.25, 0.3) is 10.9 Å². The van der Waals surface area contributed by atoms with Crippen LogP contribution in [-0.2, 0) is 19.6 Å². The van der Waals surface area contributed by atoms with Gasteiger partial charge in [-0.05, 0) is 42.8 Å². The number of nitrogens with one attached hydrogen (secondary N) is 2. The van der Waals surface area contributed by atoms with Crippen LogP contribution in [0, 0.1) is 5.82 Å². The second-order valence-electron chi connectivity index (χ2n) is 6.88. The van der Waals surface area contributed by atoms with Gasteiger partial charge in [0, 0.05) is 34.8 Å². The van der Waals surface area contributed by atoms with Gasteiger partial charge in [0.1, 0.15) is 18.2 Å². The molecule has 0 saturated heterocycles. The van der Waals surface area contributed by atoms with E-state index in [1.807, 2.05) is 30.3 Å². The normalized spacial score (nSPS) is 11.1. The molecule has 0 amide bonds. The van der Waals surface area contributed by atoms with Gasteiger partial charge in [-0.15, -0.1) is 0 Å². The molecule has 1 heterocycles. The van der Waals surface area contributed by atoms with Gasteiger partial charge in [-0.25, -0.2) is 4.39 Å². The summed E-state index contributed by atoms with van der Waals surface area (Å²) in [7, 11) is 0. The summed E-state index contributed by atoms with van der Waals surface area (Å²) < 4.78 is 19.8. The van der Waals surface area contributed by atoms with Gasteiger partial charge in [-0.1, -0.05) is 54.1 Å². The third-order valence-corrected chi connectivity index (χ3v) is 5.32. The number of aromatic nitrogens is 1. The first kappa shape index (κ1) is 19.5. The molecule has 0 saturated carbocycles. The fourth-order valence-corrected chi connectivity index (χ4v) is 3.61. The first-order valence-electron chi connectivity index (χ1n) is 9.61. The highest BCUT2D eigenvalue weighted by Crippen LogP contribution is 2.24. The van der Waals surface area contributed by atoms with E-state index in [9.17, 15) is 4.39 Å². The molecule has 0 atom stereocenters. The minimum atomic E-state index is -0.355. The van der Waals surface area contributed by atoms with Gasteiger partial charge < -0.3 is 15.0 Å². The van der Waals surface area contributed by atoms with E-state index in [1.165, 1.54) is 17.0 Å². The summed E-state index contributed by atoms with van der Waals surface area (Å²) in [4.78, 5) is 3.31. The third-order valence-electron chi connectivity index (χ3n) is 4.97. The van der Waals surface area contributed by atoms with E-state index in [-0.39, 0.29) is 12.4 Å². The highest BCUT2D eigenvalue weighted by atomic mass is 35.5. The maximum Gasteiger partial charge on any atom is 0.131 e. The van der Waals surface area contributed by atoms with Crippen molar-refractivity contribution in [3.05, 3.63) is 100 Å². The molecule has 0 aliphatic carbocycles. The van der Waals surface area contributed by atoms with Crippen molar-refractivity contribution < 1.29 is 9.13 Å². The van der Waals surface area contributed by atoms with Crippen LogP contribution in [-0.4, -0.2) is 11.5 Å². The van der Waals surface area contributed by atoms with E-state index < -0.39 is 0 Å². The molecule has 29 heavy (non-hydrogen) atoms. The Hall–Kier alpha value is -2.82. The molecular weight excluding hydrogens is 387 g/mol. The number of fused-ring (bicyclic) bond motifs is 1. The number of rotatable bonds is 8. The highest BCUT2D eigenvalue weighted by molar-refractivity contribution is 6.31. The molecule has 4 aromatic rings. The fraction of sp³-hybridized carbons (Fsp3) is 0.167. The molecule has 3 nitrogen and oxygen atoms in total. The van der Waals surface area contributed by atoms with Crippen molar-refractivity contribution >= 4 is 22.5 Å². The monoisotopic (exact) mass is 408 g/mol. The lowest BCUT2D eigenvalue weighted by molar-refractivity contribution is 0.296. The second kappa shape index (κ2) is 9.12. The predicted octanol–water partition coefficient (Wildman–Crippen LogP) is 5.87. The number of hydrogen-bond acceptors (Lipinski definition) is 2. The van der Waals surface area contributed by atoms with E-state index in [1.54, 1.807) is 12.1 Å². The van der Waals surface area contributed by atoms with Crippen LogP contribution in [0.4, 0.5) is 4.39 Å². The van der Waals surface area contributed by atoms with Crippen molar-refractivity contribution in [3.63, 3.8) is 0 Å². The van der Waals surface area contributed by atoms with E-state index >= 15 is 0 Å². The summed E-state index contributed by atoms with van der Waals surface area (Å²) in [5.74, 6) is 0.373. The first-order chi connectivity index (χ1) is 14.2. The molecule has 1 aromatic heterocycles. The number of halogens is 2. The Kier molecular flexibility index (Phi) is 6.13. The highest BCUT2D eigenvalue weighted by Gasteiger charge is 2.10. The van der Waals surface area contributed by atoms with Gasteiger partial charge in [0.2, 0.25) is 0 Å². The first-order valence-corrected chi connectivity index (χ1v) is 9.99. The van der Waals surface area contributed by atoms with Crippen molar-refractivity contribution in [2.75, 3.05) is 6.54 Å². The molecular formula is C24H22ClFN2O. The average molecular weight is 409 g/mol. The maximum atomic E-state index is 14.0. The van der Waals surface area contributed by atoms with Gasteiger partial charge in [0.25, 0.3) is 0 Å². The topological polar surface area (TPSA) is 37.0 Å². The predicted molar refractivity (Wildman–Crippen MR) is 116 cm³/mol. The van der Waals surface area contributed by atoms with Crippen LogP contribution < -0.4 is 10.1 Å². The molecule has 4 rings (SSSR count). The smallest absolute Gasteiger partial charge is 0.131 e. The second-order valence-corrected chi connectivity index (χ2v) is 7.29. The van der Waals surface area contributed by atoms with Crippen LogP contribution in [0.5, 0.6) is 5.75 Å². The van der Waals surface area contributed by atoms with Gasteiger partial charge in [-0.2, -0.15) is 0 Å². The summed E-state index contributed by atoms with van der Waals surface area (Å²) in [5, 5.41) is 5.11. The minimum Gasteiger partial charge on any atom is -0.488 e. The standard InChI is InChI=1S/C24H22ClFN2O/c25-21-8-5-9-22(26)20(21)16-29-24-11-4-1-6-18(24)14-27-13-12-17-15-28-23-10-3-2-7-19(17)23/h1-11,15,27-28H,12-14,16H2. The summed E-state index contributed by atoms with van der Waals surface area (Å²) in [6, 6.07) is 20.8. The number of para-hydroxylation sites is 2. The van der Waals surface area contributed by atoms with E-state index in [2.05, 4.69) is 34.7 Å². The molecule has 148 valence electrons. The SMILES string of the molecule is Fc1cccc(Cl)c1COc1ccccc1CNCCc1c[nH]c2ccccc12. The minimum absolute atomic E-state index is 0.0951. The fourth-order valence-electron chi connectivity index (χ4n) is 3.40. The van der Waals surface area contributed by atoms with Crippen molar-refractivity contribution in [2.45, 2.75) is 19.6 Å². The van der Waals surface area contributed by atoms with E-state index in [4.69, 9.17) is 16.3 Å². The average Bonchev–Trinajstić information content (AvgIpc) is 3.15. The molecule has 0 fully saturated rings. The van der Waals surface area contributed by atoms with Crippen LogP contribution in [0.1, 0.15) is 16.7 Å². The lowest BCUT2D eigenvalue weighted by Gasteiger charge is -2.13. The summed E-state index contributed by atoms with van der Waals surface area (Å²) in [6.45, 7) is 1.61. The van der Waals surface area contributed by atoms with E-state index in [0.29, 0.717) is 17.1 Å². The molecule has 0 bridgehead atoms. The quantitative estimate of drug-likeness (QED) is 0.358. The largest absolute Gasteiger partial charge is 0.488 e. The third kappa shape index (κ3) is 4.61. The van der Waals surface area contributed by atoms with Gasteiger partial charge in [-0.3, -0.25) is 0 Å². The molecule has 5 heteroatoms. The Balaban J connectivity index is 1.35. The number of aromatic amines is 1. The molecule has 0 unspecified atom stereocenters. The summed E-state index contributed by atoms with van der Waals surface area (Å²) in [5.41, 5.74) is 3.86. The Bertz CT molecular complexity index is 1090. The molecule has 0 aliphatic rings. The number of hydrogen-bond donors (Lipinski definition) is 2. The number of H-pyrrole nitrogens is 1. The zero-order chi connectivity index (χ0) is 20.1. The Morgan fingerprint density at radius 2 is 1.76 bits per heavy atom. The number of ether oxygens (including phenoxy) is 1. The van der Waals surface area contributed by atoms with E-state index in [0.717, 1.165) is 29.8 Å². The van der Waals surface area contributed by atoms with Gasteiger partial charge in [0.15, 0.2) is 0 Å². The van der Waals surface area contributed by atoms with Crippen LogP contribution >= 0.6 is 11.6 Å². The molecule has 0 aliphatic heterocycles. The van der Waals surface area contributed by atoms with Crippen LogP contribution in [0.3, 0.4) is 0 Å². The molecule has 3 aromatic carbocycles. The van der Waals surface area contributed by atoms with Crippen LogP contribution in [0.15, 0.2) is 72.9 Å². The van der Waals surface area contributed by atoms with Gasteiger partial charge in [0.05, 0.1) is 5.02 Å². The Morgan fingerprint density at radius 3 is 2.66 bits per heavy atom. The Labute approximate surface area is 174 Å². The maximum absolute atomic E-state index is 14.0. The lowest BCUT2D eigenvalue weighted by Crippen LogP contribution is -2.17. The Morgan fingerprint density at radius 1 is 0.931 bits per heavy atom. The van der Waals surface area contributed by atoms with Crippen molar-refractivity contribution in [3.8, 4) is 5.75 Å². The van der Waals surface area contributed by atoms with Crippen molar-refractivity contribution in [1.29, 1.82) is 0 Å². The summed E-state index contributed by atoms with van der Waals surface area (Å²) in [6.07, 6.45) is 3.00. The zero-order valence-electron chi connectivity index (χ0n) is 15.9. The number of benzene rings is 3. The lowest BCUT2D eigenvalue weighted by atomic mass is 10.1. The van der Waals surface area contributed by atoms with Crippen molar-refractivity contribution in [2.24, 2.45) is 0 Å². The molecule has 2 N–H and O–H groups in total. The van der Waals surface area contributed by atoms with Crippen molar-refractivity contribution in [1.82, 2.24) is 10.3 Å². The zero-order valence-corrected chi connectivity index (χ0v) is 16.7.